The molecule has 1 fully saturated rings. The number of imide groups is 1. The van der Waals surface area contributed by atoms with Crippen molar-refractivity contribution in [2.75, 3.05) is 4.90 Å². The summed E-state index contributed by atoms with van der Waals surface area (Å²) in [6.45, 7) is 1.60. The molecule has 7 heteroatoms. The summed E-state index contributed by atoms with van der Waals surface area (Å²) in [5.41, 5.74) is 0.0502. The van der Waals surface area contributed by atoms with Crippen LogP contribution < -0.4 is 4.90 Å². The lowest BCUT2D eigenvalue weighted by Gasteiger charge is -2.15. The number of aromatic carboxylic acids is 1. The van der Waals surface area contributed by atoms with Crippen LogP contribution in [0.4, 0.5) is 5.69 Å². The van der Waals surface area contributed by atoms with E-state index >= 15 is 0 Å². The molecule has 0 unspecified atom stereocenters. The Hall–Kier alpha value is -2.31. The molecule has 1 saturated heterocycles. The smallest absolute Gasteiger partial charge is 0.358 e. The fourth-order valence-corrected chi connectivity index (χ4v) is 1.64. The third kappa shape index (κ3) is 1.86. The van der Waals surface area contributed by atoms with Gasteiger partial charge in [0.05, 0.1) is 11.4 Å². The number of hydrogen-bond acceptors (Lipinski definition) is 5. The second-order valence-electron chi connectivity index (χ2n) is 3.65. The third-order valence-electron chi connectivity index (χ3n) is 2.39. The van der Waals surface area contributed by atoms with E-state index in [2.05, 4.69) is 10.2 Å². The van der Waals surface area contributed by atoms with Crippen LogP contribution >= 0.6 is 0 Å². The van der Waals surface area contributed by atoms with Crippen LogP contribution in [0.15, 0.2) is 6.07 Å². The number of carbonyl (C=O) groups is 3. The number of anilines is 1. The molecule has 1 N–H and O–H groups in total. The molecular weight excluding hydrogens is 226 g/mol. The van der Waals surface area contributed by atoms with Gasteiger partial charge in [-0.2, -0.15) is 5.10 Å². The van der Waals surface area contributed by atoms with E-state index in [4.69, 9.17) is 5.11 Å². The van der Waals surface area contributed by atoms with Crippen molar-refractivity contribution in [2.24, 2.45) is 0 Å². The minimum absolute atomic E-state index is 0.00231. The topological polar surface area (TPSA) is 100 Å². The van der Waals surface area contributed by atoms with Gasteiger partial charge in [0, 0.05) is 12.8 Å². The summed E-state index contributed by atoms with van der Waals surface area (Å²) >= 11 is 0. The number of aryl methyl sites for hydroxylation is 1. The summed E-state index contributed by atoms with van der Waals surface area (Å²) in [6.07, 6.45) is 0.193. The second kappa shape index (κ2) is 3.93. The molecular formula is C10H9N3O4. The number of carboxylic acid groups (broad SMARTS) is 1. The van der Waals surface area contributed by atoms with Gasteiger partial charge in [0.2, 0.25) is 11.8 Å². The number of carbonyl (C=O) groups excluding carboxylic acids is 2. The zero-order valence-corrected chi connectivity index (χ0v) is 9.01. The number of amides is 2. The van der Waals surface area contributed by atoms with E-state index in [1.54, 1.807) is 6.92 Å². The first kappa shape index (κ1) is 11.2. The Bertz CT molecular complexity index is 510. The molecule has 7 nitrogen and oxygen atoms in total. The van der Waals surface area contributed by atoms with Crippen molar-refractivity contribution < 1.29 is 19.5 Å². The van der Waals surface area contributed by atoms with Crippen molar-refractivity contribution in [1.82, 2.24) is 10.2 Å². The molecule has 0 aromatic carbocycles. The van der Waals surface area contributed by atoms with Crippen LogP contribution in [0.1, 0.15) is 29.0 Å². The lowest BCUT2D eigenvalue weighted by atomic mass is 10.2. The van der Waals surface area contributed by atoms with E-state index in [1.807, 2.05) is 0 Å². The van der Waals surface area contributed by atoms with Crippen molar-refractivity contribution in [1.29, 1.82) is 0 Å². The predicted octanol–water partition coefficient (Wildman–Crippen LogP) is 0.137. The molecule has 1 aliphatic heterocycles. The largest absolute Gasteiger partial charge is 0.476 e. The van der Waals surface area contributed by atoms with Crippen LogP contribution in [-0.4, -0.2) is 33.1 Å². The van der Waals surface area contributed by atoms with Crippen LogP contribution in [0.2, 0.25) is 0 Å². The summed E-state index contributed by atoms with van der Waals surface area (Å²) in [5.74, 6) is -2.14. The zero-order valence-electron chi connectivity index (χ0n) is 9.01. The first-order chi connectivity index (χ1) is 8.00. The zero-order chi connectivity index (χ0) is 12.6. The first-order valence-electron chi connectivity index (χ1n) is 4.94. The maximum atomic E-state index is 11.5. The molecule has 0 atom stereocenters. The molecule has 1 aliphatic rings. The van der Waals surface area contributed by atoms with Crippen LogP contribution in [0.3, 0.4) is 0 Å². The number of nitrogens with zero attached hydrogens (tertiary/aromatic N) is 3. The molecule has 0 aliphatic carbocycles. The Kier molecular flexibility index (Phi) is 2.58. The third-order valence-corrected chi connectivity index (χ3v) is 2.39. The molecule has 2 rings (SSSR count). The van der Waals surface area contributed by atoms with Crippen molar-refractivity contribution in [3.05, 3.63) is 17.5 Å². The van der Waals surface area contributed by atoms with Crippen molar-refractivity contribution in [3.63, 3.8) is 0 Å². The van der Waals surface area contributed by atoms with E-state index in [1.165, 1.54) is 6.07 Å². The summed E-state index contributed by atoms with van der Waals surface area (Å²) < 4.78 is 0. The Morgan fingerprint density at radius 1 is 1.29 bits per heavy atom. The highest BCUT2D eigenvalue weighted by atomic mass is 16.4. The summed E-state index contributed by atoms with van der Waals surface area (Å²) in [7, 11) is 0. The van der Waals surface area contributed by atoms with E-state index < -0.39 is 17.8 Å². The number of hydrogen-bond donors (Lipinski definition) is 1. The molecule has 2 amide bonds. The van der Waals surface area contributed by atoms with Gasteiger partial charge in [-0.15, -0.1) is 5.10 Å². The van der Waals surface area contributed by atoms with Crippen LogP contribution in [0.5, 0.6) is 0 Å². The molecule has 17 heavy (non-hydrogen) atoms. The first-order valence-corrected chi connectivity index (χ1v) is 4.94. The summed E-state index contributed by atoms with van der Waals surface area (Å²) in [4.78, 5) is 34.9. The second-order valence-corrected chi connectivity index (χ2v) is 3.65. The van der Waals surface area contributed by atoms with Gasteiger partial charge in [-0.1, -0.05) is 0 Å². The monoisotopic (exact) mass is 235 g/mol. The predicted molar refractivity (Wildman–Crippen MR) is 55.5 cm³/mol. The van der Waals surface area contributed by atoms with Crippen LogP contribution in [0.25, 0.3) is 0 Å². The van der Waals surface area contributed by atoms with E-state index in [0.29, 0.717) is 5.69 Å². The standard InChI is InChI=1S/C10H9N3O4/c1-5-4-6(9(10(16)17)12-11-5)13-7(14)2-3-8(13)15/h4H,2-3H2,1H3,(H,16,17). The highest BCUT2D eigenvalue weighted by Gasteiger charge is 2.33. The van der Waals surface area contributed by atoms with Gasteiger partial charge in [0.1, 0.15) is 0 Å². The molecule has 1 aromatic heterocycles. The van der Waals surface area contributed by atoms with Crippen molar-refractivity contribution in [3.8, 4) is 0 Å². The van der Waals surface area contributed by atoms with Gasteiger partial charge in [-0.05, 0) is 13.0 Å². The minimum Gasteiger partial charge on any atom is -0.476 e. The average molecular weight is 235 g/mol. The minimum atomic E-state index is -1.32. The molecule has 1 aromatic rings. The van der Waals surface area contributed by atoms with E-state index in [9.17, 15) is 14.4 Å². The lowest BCUT2D eigenvalue weighted by molar-refractivity contribution is -0.121. The summed E-state index contributed by atoms with van der Waals surface area (Å²) in [5, 5.41) is 16.0. The van der Waals surface area contributed by atoms with E-state index in [-0.39, 0.29) is 24.2 Å². The molecule has 0 bridgehead atoms. The normalized spacial score (nSPS) is 15.5. The number of carboxylic acids is 1. The van der Waals surface area contributed by atoms with Gasteiger partial charge >= 0.3 is 5.97 Å². The van der Waals surface area contributed by atoms with Crippen molar-refractivity contribution >= 4 is 23.5 Å². The van der Waals surface area contributed by atoms with Gasteiger partial charge in [0.25, 0.3) is 0 Å². The molecule has 0 saturated carbocycles. The van der Waals surface area contributed by atoms with Crippen molar-refractivity contribution in [2.45, 2.75) is 19.8 Å². The highest BCUT2D eigenvalue weighted by Crippen LogP contribution is 2.25. The molecule has 0 spiro atoms. The number of aromatic nitrogens is 2. The number of rotatable bonds is 2. The maximum Gasteiger partial charge on any atom is 0.358 e. The Balaban J connectivity index is 2.57. The van der Waals surface area contributed by atoms with Crippen LogP contribution in [0, 0.1) is 6.92 Å². The Labute approximate surface area is 96.1 Å². The fraction of sp³-hybridized carbons (Fsp3) is 0.300. The summed E-state index contributed by atoms with van der Waals surface area (Å²) in [6, 6.07) is 1.37. The quantitative estimate of drug-likeness (QED) is 0.731. The SMILES string of the molecule is Cc1cc(N2C(=O)CCC2=O)c(C(=O)O)nn1. The van der Waals surface area contributed by atoms with Gasteiger partial charge in [0.15, 0.2) is 5.69 Å². The van der Waals surface area contributed by atoms with Gasteiger partial charge < -0.3 is 5.11 Å². The highest BCUT2D eigenvalue weighted by molar-refractivity contribution is 6.21. The Morgan fingerprint density at radius 2 is 1.88 bits per heavy atom. The molecule has 0 radical (unpaired) electrons. The van der Waals surface area contributed by atoms with E-state index in [0.717, 1.165) is 4.90 Å². The van der Waals surface area contributed by atoms with Gasteiger partial charge in [-0.25, -0.2) is 9.69 Å². The molecule has 2 heterocycles. The lowest BCUT2D eigenvalue weighted by Crippen LogP contribution is -2.31. The van der Waals surface area contributed by atoms with Crippen LogP contribution in [-0.2, 0) is 9.59 Å². The average Bonchev–Trinajstić information content (AvgIpc) is 2.58. The maximum absolute atomic E-state index is 11.5. The Morgan fingerprint density at radius 3 is 2.41 bits per heavy atom. The van der Waals surface area contributed by atoms with Gasteiger partial charge in [-0.3, -0.25) is 9.59 Å². The fourth-order valence-electron chi connectivity index (χ4n) is 1.64. The molecule has 88 valence electrons.